The number of halogens is 1. The molecule has 0 radical (unpaired) electrons. The Labute approximate surface area is 151 Å². The van der Waals surface area contributed by atoms with Crippen LogP contribution in [0.1, 0.15) is 18.1 Å². The third-order valence-electron chi connectivity index (χ3n) is 3.39. The number of rotatable bonds is 5. The Morgan fingerprint density at radius 2 is 1.88 bits per heavy atom. The van der Waals surface area contributed by atoms with Gasteiger partial charge in [-0.25, -0.2) is 4.79 Å². The molecule has 0 aliphatic carbocycles. The number of methoxy groups -OCH3 is 1. The zero-order valence-corrected chi connectivity index (χ0v) is 15.8. The molecule has 0 unspecified atom stereocenters. The lowest BCUT2D eigenvalue weighted by Gasteiger charge is -2.15. The maximum Gasteiger partial charge on any atom is 0.319 e. The van der Waals surface area contributed by atoms with Crippen LogP contribution in [0.3, 0.4) is 0 Å². The molecule has 2 N–H and O–H groups in total. The molecule has 0 aliphatic heterocycles. The Morgan fingerprint density at radius 1 is 1.21 bits per heavy atom. The van der Waals surface area contributed by atoms with Crippen molar-refractivity contribution in [3.63, 3.8) is 0 Å². The molecule has 4 nitrogen and oxygen atoms in total. The van der Waals surface area contributed by atoms with E-state index in [-0.39, 0.29) is 6.03 Å². The first kappa shape index (κ1) is 18.5. The Morgan fingerprint density at radius 3 is 2.46 bits per heavy atom. The van der Waals surface area contributed by atoms with Crippen molar-refractivity contribution in [2.45, 2.75) is 30.6 Å². The minimum absolute atomic E-state index is 0.201. The number of nitrogens with one attached hydrogen (secondary N) is 2. The minimum Gasteiger partial charge on any atom is -0.496 e. The fraction of sp³-hybridized carbons (Fsp3) is 0.278. The van der Waals surface area contributed by atoms with Gasteiger partial charge in [-0.15, -0.1) is 0 Å². The van der Waals surface area contributed by atoms with E-state index >= 15 is 0 Å². The van der Waals surface area contributed by atoms with Gasteiger partial charge in [0.15, 0.2) is 0 Å². The number of anilines is 1. The monoisotopic (exact) mass is 364 g/mol. The molecule has 2 aromatic carbocycles. The summed E-state index contributed by atoms with van der Waals surface area (Å²) in [4.78, 5) is 13.8. The number of aryl methyl sites for hydroxylation is 2. The molecule has 0 atom stereocenters. The third kappa shape index (κ3) is 4.58. The first-order valence-corrected chi connectivity index (χ1v) is 8.81. The van der Waals surface area contributed by atoms with Crippen LogP contribution < -0.4 is 15.4 Å². The smallest absolute Gasteiger partial charge is 0.319 e. The normalized spacial score (nSPS) is 10.4. The molecule has 2 aromatic rings. The summed E-state index contributed by atoms with van der Waals surface area (Å²) in [5.41, 5.74) is 2.93. The molecule has 2 rings (SSSR count). The van der Waals surface area contributed by atoms with Crippen molar-refractivity contribution >= 4 is 35.1 Å². The molecule has 0 saturated heterocycles. The highest BCUT2D eigenvalue weighted by Gasteiger charge is 2.12. The Balaban J connectivity index is 2.29. The van der Waals surface area contributed by atoms with E-state index in [9.17, 15) is 4.79 Å². The lowest BCUT2D eigenvalue weighted by molar-refractivity contribution is 0.252. The molecule has 0 aliphatic rings. The van der Waals surface area contributed by atoms with E-state index in [2.05, 4.69) is 10.6 Å². The van der Waals surface area contributed by atoms with Crippen LogP contribution >= 0.6 is 23.4 Å². The molecule has 6 heteroatoms. The molecule has 0 spiro atoms. The lowest BCUT2D eigenvalue weighted by atomic mass is 10.1. The van der Waals surface area contributed by atoms with Gasteiger partial charge < -0.3 is 15.4 Å². The van der Waals surface area contributed by atoms with Gasteiger partial charge in [0.05, 0.1) is 12.0 Å². The van der Waals surface area contributed by atoms with Gasteiger partial charge in [-0.3, -0.25) is 0 Å². The van der Waals surface area contributed by atoms with E-state index in [0.29, 0.717) is 11.6 Å². The second-order valence-corrected chi connectivity index (χ2v) is 6.81. The third-order valence-corrected chi connectivity index (χ3v) is 5.02. The molecule has 128 valence electrons. The number of hydrogen-bond donors (Lipinski definition) is 2. The summed E-state index contributed by atoms with van der Waals surface area (Å²) < 4.78 is 5.41. The van der Waals surface area contributed by atoms with Crippen molar-refractivity contribution in [3.05, 3.63) is 46.5 Å². The van der Waals surface area contributed by atoms with Crippen LogP contribution in [0.4, 0.5) is 10.5 Å². The van der Waals surface area contributed by atoms with Gasteiger partial charge in [0.2, 0.25) is 0 Å². The van der Waals surface area contributed by atoms with Gasteiger partial charge in [0, 0.05) is 22.2 Å². The fourth-order valence-electron chi connectivity index (χ4n) is 2.36. The largest absolute Gasteiger partial charge is 0.496 e. The van der Waals surface area contributed by atoms with Gasteiger partial charge >= 0.3 is 6.03 Å². The topological polar surface area (TPSA) is 50.4 Å². The standard InChI is InChI=1S/C18H21ClN2O2S/c1-5-20-18(22)21-14-8-11(2)17(12(3)9-14)24-16-10-13(19)6-7-15(16)23-4/h6-10H,5H2,1-4H3,(H2,20,21,22). The number of benzene rings is 2. The molecular weight excluding hydrogens is 344 g/mol. The zero-order valence-electron chi connectivity index (χ0n) is 14.2. The number of amides is 2. The van der Waals surface area contributed by atoms with E-state index in [1.807, 2.05) is 51.1 Å². The highest BCUT2D eigenvalue weighted by molar-refractivity contribution is 7.99. The van der Waals surface area contributed by atoms with Gasteiger partial charge in [0.25, 0.3) is 0 Å². The van der Waals surface area contributed by atoms with Gasteiger partial charge in [-0.05, 0) is 62.2 Å². The lowest BCUT2D eigenvalue weighted by Crippen LogP contribution is -2.28. The maximum absolute atomic E-state index is 11.7. The summed E-state index contributed by atoms with van der Waals surface area (Å²) in [6, 6.07) is 9.28. The predicted molar refractivity (Wildman–Crippen MR) is 101 cm³/mol. The molecular formula is C18H21ClN2O2S. The van der Waals surface area contributed by atoms with Crippen molar-refractivity contribution in [2.75, 3.05) is 19.0 Å². The van der Waals surface area contributed by atoms with Crippen LogP contribution in [-0.2, 0) is 0 Å². The average Bonchev–Trinajstić information content (AvgIpc) is 2.51. The highest BCUT2D eigenvalue weighted by Crippen LogP contribution is 2.40. The summed E-state index contributed by atoms with van der Waals surface area (Å²) >= 11 is 7.71. The maximum atomic E-state index is 11.7. The predicted octanol–water partition coefficient (Wildman–Crippen LogP) is 5.26. The fourth-order valence-corrected chi connectivity index (χ4v) is 3.69. The van der Waals surface area contributed by atoms with Crippen molar-refractivity contribution in [1.29, 1.82) is 0 Å². The van der Waals surface area contributed by atoms with E-state index in [1.165, 1.54) is 0 Å². The molecule has 0 saturated carbocycles. The van der Waals surface area contributed by atoms with Gasteiger partial charge in [-0.1, -0.05) is 23.4 Å². The Kier molecular flexibility index (Phi) is 6.40. The van der Waals surface area contributed by atoms with E-state index in [4.69, 9.17) is 16.3 Å². The molecule has 0 fully saturated rings. The molecule has 0 aromatic heterocycles. The van der Waals surface area contributed by atoms with Crippen molar-refractivity contribution in [2.24, 2.45) is 0 Å². The molecule has 0 heterocycles. The molecule has 0 bridgehead atoms. The first-order chi connectivity index (χ1) is 11.4. The first-order valence-electron chi connectivity index (χ1n) is 7.62. The summed E-state index contributed by atoms with van der Waals surface area (Å²) in [7, 11) is 1.65. The number of carbonyl (C=O) groups is 1. The van der Waals surface area contributed by atoms with Crippen molar-refractivity contribution in [3.8, 4) is 5.75 Å². The minimum atomic E-state index is -0.201. The number of urea groups is 1. The van der Waals surface area contributed by atoms with Gasteiger partial charge in [-0.2, -0.15) is 0 Å². The van der Waals surface area contributed by atoms with Crippen LogP contribution in [0.15, 0.2) is 40.1 Å². The van der Waals surface area contributed by atoms with Crippen molar-refractivity contribution < 1.29 is 9.53 Å². The van der Waals surface area contributed by atoms with E-state index < -0.39 is 0 Å². The van der Waals surface area contributed by atoms with Crippen molar-refractivity contribution in [1.82, 2.24) is 5.32 Å². The summed E-state index contributed by atoms with van der Waals surface area (Å²) in [6.07, 6.45) is 0. The van der Waals surface area contributed by atoms with E-state index in [0.717, 1.165) is 32.4 Å². The van der Waals surface area contributed by atoms with Crippen LogP contribution in [0.2, 0.25) is 5.02 Å². The average molecular weight is 365 g/mol. The zero-order chi connectivity index (χ0) is 17.7. The number of ether oxygens (including phenoxy) is 1. The second-order valence-electron chi connectivity index (χ2n) is 5.32. The highest BCUT2D eigenvalue weighted by atomic mass is 35.5. The molecule has 24 heavy (non-hydrogen) atoms. The SMILES string of the molecule is CCNC(=O)Nc1cc(C)c(Sc2cc(Cl)ccc2OC)c(C)c1. The van der Waals surface area contributed by atoms with E-state index in [1.54, 1.807) is 18.9 Å². The summed E-state index contributed by atoms with van der Waals surface area (Å²) in [5.74, 6) is 0.785. The second kappa shape index (κ2) is 8.31. The van der Waals surface area contributed by atoms with Crippen LogP contribution in [-0.4, -0.2) is 19.7 Å². The molecule has 2 amide bonds. The number of hydrogen-bond acceptors (Lipinski definition) is 3. The van der Waals surface area contributed by atoms with Gasteiger partial charge in [0.1, 0.15) is 5.75 Å². The summed E-state index contributed by atoms with van der Waals surface area (Å²) in [5, 5.41) is 6.23. The Bertz CT molecular complexity index is 727. The summed E-state index contributed by atoms with van der Waals surface area (Å²) in [6.45, 7) is 6.52. The van der Waals surface area contributed by atoms with Crippen LogP contribution in [0.25, 0.3) is 0 Å². The number of carbonyl (C=O) groups excluding carboxylic acids is 1. The quantitative estimate of drug-likeness (QED) is 0.761. The van der Waals surface area contributed by atoms with Crippen LogP contribution in [0, 0.1) is 13.8 Å². The van der Waals surface area contributed by atoms with Crippen LogP contribution in [0.5, 0.6) is 5.75 Å². The Hall–Kier alpha value is -1.85.